The van der Waals surface area contributed by atoms with E-state index in [4.69, 9.17) is 11.2 Å². The van der Waals surface area contributed by atoms with Crippen molar-refractivity contribution in [1.29, 1.82) is 0 Å². The van der Waals surface area contributed by atoms with Crippen LogP contribution >= 0.6 is 0 Å². The van der Waals surface area contributed by atoms with Gasteiger partial charge in [-0.25, -0.2) is 9.79 Å². The zero-order valence-electron chi connectivity index (χ0n) is 10.7. The highest BCUT2D eigenvalue weighted by Crippen LogP contribution is 2.16. The van der Waals surface area contributed by atoms with Crippen LogP contribution in [0.3, 0.4) is 0 Å². The van der Waals surface area contributed by atoms with Crippen LogP contribution in [0.2, 0.25) is 0 Å². The molecule has 0 bridgehead atoms. The van der Waals surface area contributed by atoms with Crippen molar-refractivity contribution < 1.29 is 9.53 Å². The van der Waals surface area contributed by atoms with Crippen LogP contribution in [0.5, 0.6) is 0 Å². The summed E-state index contributed by atoms with van der Waals surface area (Å²) in [7, 11) is 0. The van der Waals surface area contributed by atoms with E-state index in [0.29, 0.717) is 6.61 Å². The van der Waals surface area contributed by atoms with E-state index in [1.807, 2.05) is 37.3 Å². The van der Waals surface area contributed by atoms with Crippen molar-refractivity contribution in [2.75, 3.05) is 0 Å². The molecule has 0 aliphatic rings. The van der Waals surface area contributed by atoms with Gasteiger partial charge in [-0.2, -0.15) is 0 Å². The summed E-state index contributed by atoms with van der Waals surface area (Å²) < 4.78 is 5.72. The van der Waals surface area contributed by atoms with Gasteiger partial charge in [0.15, 0.2) is 0 Å². The van der Waals surface area contributed by atoms with Crippen LogP contribution in [-0.4, -0.2) is 18.2 Å². The number of hydrogen-bond acceptors (Lipinski definition) is 3. The molecular formula is C15H17NO2. The van der Waals surface area contributed by atoms with Crippen molar-refractivity contribution >= 4 is 6.08 Å². The molecule has 0 unspecified atom stereocenters. The summed E-state index contributed by atoms with van der Waals surface area (Å²) in [5.41, 5.74) is 1.09. The average Bonchev–Trinajstić information content (AvgIpc) is 2.39. The highest BCUT2D eigenvalue weighted by Gasteiger charge is 2.22. The summed E-state index contributed by atoms with van der Waals surface area (Å²) in [6, 6.07) is 9.58. The number of ether oxygens (including phenoxy) is 1. The first-order chi connectivity index (χ1) is 8.69. The van der Waals surface area contributed by atoms with Crippen molar-refractivity contribution in [3.8, 4) is 12.3 Å². The predicted octanol–water partition coefficient (Wildman–Crippen LogP) is 2.57. The summed E-state index contributed by atoms with van der Waals surface area (Å²) in [5.74, 6) is 2.40. The van der Waals surface area contributed by atoms with Gasteiger partial charge in [-0.15, -0.1) is 6.42 Å². The van der Waals surface area contributed by atoms with E-state index >= 15 is 0 Å². The Hall–Kier alpha value is -1.88. The largest absolute Gasteiger partial charge is 0.372 e. The van der Waals surface area contributed by atoms with Gasteiger partial charge in [0, 0.05) is 0 Å². The van der Waals surface area contributed by atoms with E-state index in [9.17, 15) is 4.79 Å². The van der Waals surface area contributed by atoms with Crippen molar-refractivity contribution in [3.05, 3.63) is 35.9 Å². The maximum Gasteiger partial charge on any atom is 0.235 e. The average molecular weight is 243 g/mol. The second-order valence-electron chi connectivity index (χ2n) is 4.16. The fraction of sp³-hybridized carbons (Fsp3) is 0.400. The lowest BCUT2D eigenvalue weighted by molar-refractivity contribution is 0.0241. The van der Waals surface area contributed by atoms with E-state index in [1.165, 1.54) is 6.08 Å². The Balaban J connectivity index is 2.56. The number of hydrogen-bond donors (Lipinski definition) is 0. The number of rotatable bonds is 6. The molecule has 3 heteroatoms. The zero-order chi connectivity index (χ0) is 13.4. The number of nitrogens with zero attached hydrogens (tertiary/aromatic N) is 1. The molecule has 1 rings (SSSR count). The van der Waals surface area contributed by atoms with Crippen LogP contribution in [0.15, 0.2) is 35.3 Å². The first-order valence-corrected chi connectivity index (χ1v) is 5.87. The molecule has 0 saturated heterocycles. The van der Waals surface area contributed by atoms with Crippen LogP contribution < -0.4 is 0 Å². The third kappa shape index (κ3) is 4.18. The fourth-order valence-electron chi connectivity index (χ4n) is 1.74. The van der Waals surface area contributed by atoms with Gasteiger partial charge in [0.2, 0.25) is 6.08 Å². The number of terminal acetylenes is 1. The Kier molecular flexibility index (Phi) is 5.87. The van der Waals surface area contributed by atoms with Crippen LogP contribution in [0.25, 0.3) is 0 Å². The Bertz CT molecular complexity index is 443. The fourth-order valence-corrected chi connectivity index (χ4v) is 1.74. The Morgan fingerprint density at radius 3 is 2.56 bits per heavy atom. The molecule has 0 spiro atoms. The first kappa shape index (κ1) is 14.2. The lowest BCUT2D eigenvalue weighted by Crippen LogP contribution is -2.27. The van der Waals surface area contributed by atoms with Crippen LogP contribution in [0, 0.1) is 18.3 Å². The molecule has 18 heavy (non-hydrogen) atoms. The van der Waals surface area contributed by atoms with Gasteiger partial charge in [-0.3, -0.25) is 0 Å². The molecule has 0 aliphatic heterocycles. The van der Waals surface area contributed by atoms with E-state index in [1.54, 1.807) is 6.92 Å². The minimum Gasteiger partial charge on any atom is -0.372 e. The molecule has 0 N–H and O–H groups in total. The normalized spacial score (nSPS) is 14.9. The maximum absolute atomic E-state index is 10.2. The van der Waals surface area contributed by atoms with Crippen molar-refractivity contribution in [2.24, 2.45) is 10.9 Å². The molecule has 0 heterocycles. The maximum atomic E-state index is 10.2. The molecule has 0 aliphatic carbocycles. The first-order valence-electron chi connectivity index (χ1n) is 5.87. The van der Waals surface area contributed by atoms with Crippen molar-refractivity contribution in [1.82, 2.24) is 0 Å². The number of carbonyl (C=O) groups excluding carboxylic acids is 1. The van der Waals surface area contributed by atoms with E-state index < -0.39 is 0 Å². The summed E-state index contributed by atoms with van der Waals surface area (Å²) in [4.78, 5) is 13.9. The molecule has 0 aromatic heterocycles. The summed E-state index contributed by atoms with van der Waals surface area (Å²) in [6.45, 7) is 4.18. The molecular weight excluding hydrogens is 226 g/mol. The Morgan fingerprint density at radius 2 is 2.00 bits per heavy atom. The van der Waals surface area contributed by atoms with Crippen LogP contribution in [0.4, 0.5) is 0 Å². The van der Waals surface area contributed by atoms with Crippen molar-refractivity contribution in [3.63, 3.8) is 0 Å². The minimum absolute atomic E-state index is 0.165. The quantitative estimate of drug-likeness (QED) is 0.437. The third-order valence-corrected chi connectivity index (χ3v) is 2.83. The highest BCUT2D eigenvalue weighted by atomic mass is 16.5. The second-order valence-corrected chi connectivity index (χ2v) is 4.16. The Labute approximate surface area is 108 Å². The molecule has 0 fully saturated rings. The molecule has 1 aromatic carbocycles. The van der Waals surface area contributed by atoms with Gasteiger partial charge in [0.05, 0.1) is 24.7 Å². The van der Waals surface area contributed by atoms with Crippen LogP contribution in [0.1, 0.15) is 19.4 Å². The predicted molar refractivity (Wildman–Crippen MR) is 70.6 cm³/mol. The summed E-state index contributed by atoms with van der Waals surface area (Å²) in [6.07, 6.45) is 6.82. The second kappa shape index (κ2) is 7.45. The molecule has 3 nitrogen and oxygen atoms in total. The number of isocyanates is 1. The number of aliphatic imine (C=N–C) groups is 1. The zero-order valence-corrected chi connectivity index (χ0v) is 10.7. The summed E-state index contributed by atoms with van der Waals surface area (Å²) in [5, 5.41) is 0. The van der Waals surface area contributed by atoms with Gasteiger partial charge in [-0.1, -0.05) is 36.3 Å². The van der Waals surface area contributed by atoms with E-state index in [0.717, 1.165) is 5.56 Å². The molecule has 94 valence electrons. The standard InChI is InChI=1S/C15H17NO2/c1-4-15(12(2)16-11-17)13(3)18-10-14-8-6-5-7-9-14/h1,5-9,12-13,15H,10H2,2-3H3/t12-,13-,15+/m1/s1. The number of benzene rings is 1. The third-order valence-electron chi connectivity index (χ3n) is 2.83. The van der Waals surface area contributed by atoms with E-state index in [-0.39, 0.29) is 18.1 Å². The summed E-state index contributed by atoms with van der Waals surface area (Å²) >= 11 is 0. The molecule has 0 saturated carbocycles. The SMILES string of the molecule is C#C[C@@H]([C@@H](C)N=C=O)[C@@H](C)OCc1ccccc1. The van der Waals surface area contributed by atoms with Gasteiger partial charge >= 0.3 is 0 Å². The van der Waals surface area contributed by atoms with Gasteiger partial charge < -0.3 is 4.74 Å². The molecule has 0 amide bonds. The smallest absolute Gasteiger partial charge is 0.235 e. The topological polar surface area (TPSA) is 38.7 Å². The monoisotopic (exact) mass is 243 g/mol. The van der Waals surface area contributed by atoms with Gasteiger partial charge in [0.1, 0.15) is 0 Å². The van der Waals surface area contributed by atoms with E-state index in [2.05, 4.69) is 10.9 Å². The lowest BCUT2D eigenvalue weighted by Gasteiger charge is -2.22. The van der Waals surface area contributed by atoms with Gasteiger partial charge in [0.25, 0.3) is 0 Å². The minimum atomic E-state index is -0.279. The molecule has 0 radical (unpaired) electrons. The van der Waals surface area contributed by atoms with Gasteiger partial charge in [-0.05, 0) is 19.4 Å². The Morgan fingerprint density at radius 1 is 1.33 bits per heavy atom. The van der Waals surface area contributed by atoms with Crippen LogP contribution in [-0.2, 0) is 16.1 Å². The van der Waals surface area contributed by atoms with Crippen molar-refractivity contribution in [2.45, 2.75) is 32.6 Å². The highest BCUT2D eigenvalue weighted by molar-refractivity contribution is 5.34. The molecule has 1 aromatic rings. The molecule has 3 atom stereocenters. The lowest BCUT2D eigenvalue weighted by atomic mass is 9.97.